The second-order valence-corrected chi connectivity index (χ2v) is 6.04. The SMILES string of the molecule is CCNC(=NCC1(C)CCCC1)NCC1CC1.I. The summed E-state index contributed by atoms with van der Waals surface area (Å²) in [7, 11) is 0. The molecule has 0 atom stereocenters. The molecule has 3 nitrogen and oxygen atoms in total. The third-order valence-electron chi connectivity index (χ3n) is 4.03. The first-order chi connectivity index (χ1) is 8.22. The van der Waals surface area contributed by atoms with Crippen LogP contribution in [-0.4, -0.2) is 25.6 Å². The van der Waals surface area contributed by atoms with Crippen LogP contribution in [0, 0.1) is 11.3 Å². The number of aliphatic imine (C=N–C) groups is 1. The summed E-state index contributed by atoms with van der Waals surface area (Å²) in [5.74, 6) is 1.92. The first kappa shape index (κ1) is 16.1. The predicted molar refractivity (Wildman–Crippen MR) is 88.7 cm³/mol. The number of nitrogens with one attached hydrogen (secondary N) is 2. The van der Waals surface area contributed by atoms with Crippen LogP contribution < -0.4 is 10.6 Å². The van der Waals surface area contributed by atoms with E-state index in [0.29, 0.717) is 5.41 Å². The second-order valence-electron chi connectivity index (χ2n) is 6.04. The van der Waals surface area contributed by atoms with Crippen molar-refractivity contribution in [2.75, 3.05) is 19.6 Å². The molecule has 0 aromatic rings. The van der Waals surface area contributed by atoms with E-state index in [9.17, 15) is 0 Å². The Hall–Kier alpha value is 0. The number of nitrogens with zero attached hydrogens (tertiary/aromatic N) is 1. The van der Waals surface area contributed by atoms with Gasteiger partial charge >= 0.3 is 0 Å². The monoisotopic (exact) mass is 365 g/mol. The number of halogens is 1. The molecule has 0 unspecified atom stereocenters. The minimum Gasteiger partial charge on any atom is -0.357 e. The van der Waals surface area contributed by atoms with Gasteiger partial charge < -0.3 is 10.6 Å². The van der Waals surface area contributed by atoms with Gasteiger partial charge in [-0.1, -0.05) is 19.8 Å². The second kappa shape index (κ2) is 7.56. The Bertz CT molecular complexity index is 268. The van der Waals surface area contributed by atoms with Gasteiger partial charge in [0.05, 0.1) is 0 Å². The molecule has 0 spiro atoms. The standard InChI is InChI=1S/C14H27N3.HI/c1-3-15-13(16-10-12-6-7-12)17-11-14(2)8-4-5-9-14;/h12H,3-11H2,1-2H3,(H2,15,16,17);1H. The molecule has 106 valence electrons. The molecule has 2 saturated carbocycles. The van der Waals surface area contributed by atoms with Gasteiger partial charge in [-0.3, -0.25) is 4.99 Å². The minimum absolute atomic E-state index is 0. The summed E-state index contributed by atoms with van der Waals surface area (Å²) in [4.78, 5) is 4.76. The van der Waals surface area contributed by atoms with Crippen molar-refractivity contribution in [2.45, 2.75) is 52.4 Å². The number of rotatable bonds is 5. The molecule has 0 radical (unpaired) electrons. The molecule has 2 N–H and O–H groups in total. The van der Waals surface area contributed by atoms with Gasteiger partial charge in [0.2, 0.25) is 0 Å². The van der Waals surface area contributed by atoms with Gasteiger partial charge in [-0.15, -0.1) is 24.0 Å². The Morgan fingerprint density at radius 1 is 1.22 bits per heavy atom. The maximum absolute atomic E-state index is 4.76. The highest BCUT2D eigenvalue weighted by molar-refractivity contribution is 14.0. The van der Waals surface area contributed by atoms with Gasteiger partial charge in [0.25, 0.3) is 0 Å². The number of guanidine groups is 1. The fourth-order valence-electron chi connectivity index (χ4n) is 2.56. The lowest BCUT2D eigenvalue weighted by molar-refractivity contribution is 0.350. The Balaban J connectivity index is 0.00000162. The molecule has 2 rings (SSSR count). The van der Waals surface area contributed by atoms with Crippen LogP contribution in [0.15, 0.2) is 4.99 Å². The van der Waals surface area contributed by atoms with E-state index in [2.05, 4.69) is 24.5 Å². The van der Waals surface area contributed by atoms with E-state index < -0.39 is 0 Å². The summed E-state index contributed by atoms with van der Waals surface area (Å²) in [5, 5.41) is 6.81. The third-order valence-corrected chi connectivity index (χ3v) is 4.03. The van der Waals surface area contributed by atoms with Crippen molar-refractivity contribution < 1.29 is 0 Å². The van der Waals surface area contributed by atoms with Gasteiger partial charge in [0, 0.05) is 19.6 Å². The summed E-state index contributed by atoms with van der Waals surface area (Å²) in [6.07, 6.45) is 8.25. The van der Waals surface area contributed by atoms with Gasteiger partial charge in [-0.2, -0.15) is 0 Å². The molecular formula is C14H28IN3. The normalized spacial score (nSPS) is 22.4. The van der Waals surface area contributed by atoms with E-state index >= 15 is 0 Å². The van der Waals surface area contributed by atoms with Gasteiger partial charge in [0.15, 0.2) is 5.96 Å². The Morgan fingerprint density at radius 3 is 2.44 bits per heavy atom. The fraction of sp³-hybridized carbons (Fsp3) is 0.929. The van der Waals surface area contributed by atoms with Crippen LogP contribution in [-0.2, 0) is 0 Å². The zero-order valence-corrected chi connectivity index (χ0v) is 14.1. The van der Waals surface area contributed by atoms with E-state index in [-0.39, 0.29) is 24.0 Å². The van der Waals surface area contributed by atoms with Crippen molar-refractivity contribution >= 4 is 29.9 Å². The average molecular weight is 365 g/mol. The van der Waals surface area contributed by atoms with E-state index in [4.69, 9.17) is 4.99 Å². The lowest BCUT2D eigenvalue weighted by Crippen LogP contribution is -2.39. The summed E-state index contributed by atoms with van der Waals surface area (Å²) < 4.78 is 0. The van der Waals surface area contributed by atoms with Crippen molar-refractivity contribution in [2.24, 2.45) is 16.3 Å². The van der Waals surface area contributed by atoms with E-state index in [0.717, 1.165) is 31.5 Å². The Kier molecular flexibility index (Phi) is 6.74. The lowest BCUT2D eigenvalue weighted by Gasteiger charge is -2.21. The molecule has 4 heteroatoms. The van der Waals surface area contributed by atoms with E-state index in [1.807, 2.05) is 0 Å². The van der Waals surface area contributed by atoms with Crippen LogP contribution in [0.1, 0.15) is 52.4 Å². The van der Waals surface area contributed by atoms with Crippen LogP contribution in [0.4, 0.5) is 0 Å². The van der Waals surface area contributed by atoms with Crippen molar-refractivity contribution in [3.63, 3.8) is 0 Å². The molecule has 0 amide bonds. The molecule has 18 heavy (non-hydrogen) atoms. The Labute approximate surface area is 129 Å². The topological polar surface area (TPSA) is 36.4 Å². The summed E-state index contributed by atoms with van der Waals surface area (Å²) in [6, 6.07) is 0. The molecule has 2 aliphatic rings. The average Bonchev–Trinajstić information content (AvgIpc) is 3.05. The molecule has 0 aromatic heterocycles. The van der Waals surface area contributed by atoms with Gasteiger partial charge in [-0.05, 0) is 43.9 Å². The van der Waals surface area contributed by atoms with Crippen LogP contribution in [0.5, 0.6) is 0 Å². The lowest BCUT2D eigenvalue weighted by atomic mass is 9.89. The maximum atomic E-state index is 4.76. The van der Waals surface area contributed by atoms with Gasteiger partial charge in [-0.25, -0.2) is 0 Å². The first-order valence-corrected chi connectivity index (χ1v) is 7.24. The van der Waals surface area contributed by atoms with Crippen LogP contribution in [0.25, 0.3) is 0 Å². The smallest absolute Gasteiger partial charge is 0.191 e. The van der Waals surface area contributed by atoms with Crippen LogP contribution in [0.2, 0.25) is 0 Å². The van der Waals surface area contributed by atoms with Crippen molar-refractivity contribution in [3.05, 3.63) is 0 Å². The highest BCUT2D eigenvalue weighted by atomic mass is 127. The minimum atomic E-state index is 0. The maximum Gasteiger partial charge on any atom is 0.191 e. The summed E-state index contributed by atoms with van der Waals surface area (Å²) in [5.41, 5.74) is 0.460. The number of hydrogen-bond donors (Lipinski definition) is 2. The van der Waals surface area contributed by atoms with Gasteiger partial charge in [0.1, 0.15) is 0 Å². The third kappa shape index (κ3) is 5.33. The van der Waals surface area contributed by atoms with E-state index in [1.165, 1.54) is 38.5 Å². The van der Waals surface area contributed by atoms with E-state index in [1.54, 1.807) is 0 Å². The van der Waals surface area contributed by atoms with Crippen LogP contribution in [0.3, 0.4) is 0 Å². The molecule has 0 aliphatic heterocycles. The molecule has 0 aromatic carbocycles. The molecule has 2 aliphatic carbocycles. The van der Waals surface area contributed by atoms with Crippen molar-refractivity contribution in [1.82, 2.24) is 10.6 Å². The zero-order valence-electron chi connectivity index (χ0n) is 11.8. The summed E-state index contributed by atoms with van der Waals surface area (Å²) >= 11 is 0. The first-order valence-electron chi connectivity index (χ1n) is 7.24. The molecule has 0 saturated heterocycles. The highest BCUT2D eigenvalue weighted by Gasteiger charge is 2.28. The van der Waals surface area contributed by atoms with Crippen LogP contribution >= 0.6 is 24.0 Å². The number of hydrogen-bond acceptors (Lipinski definition) is 1. The predicted octanol–water partition coefficient (Wildman–Crippen LogP) is 3.15. The molecule has 2 fully saturated rings. The van der Waals surface area contributed by atoms with Crippen molar-refractivity contribution in [1.29, 1.82) is 0 Å². The molecular weight excluding hydrogens is 337 g/mol. The highest BCUT2D eigenvalue weighted by Crippen LogP contribution is 2.37. The largest absolute Gasteiger partial charge is 0.357 e. The summed E-state index contributed by atoms with van der Waals surface area (Å²) in [6.45, 7) is 7.54. The Morgan fingerprint density at radius 2 is 1.89 bits per heavy atom. The molecule has 0 heterocycles. The van der Waals surface area contributed by atoms with Crippen molar-refractivity contribution in [3.8, 4) is 0 Å². The molecule has 0 bridgehead atoms. The fourth-order valence-corrected chi connectivity index (χ4v) is 2.56. The quantitative estimate of drug-likeness (QED) is 0.446. The zero-order chi connectivity index (χ0) is 12.1.